The molecule has 3 nitrogen and oxygen atoms in total. The van der Waals surface area contributed by atoms with E-state index < -0.39 is 0 Å². The van der Waals surface area contributed by atoms with E-state index in [2.05, 4.69) is 4.90 Å². The topological polar surface area (TPSA) is 49.5 Å². The highest BCUT2D eigenvalue weighted by Crippen LogP contribution is 2.42. The molecule has 1 atom stereocenters. The highest BCUT2D eigenvalue weighted by molar-refractivity contribution is 5.01. The van der Waals surface area contributed by atoms with Crippen molar-refractivity contribution in [3.63, 3.8) is 0 Å². The zero-order valence-corrected chi connectivity index (χ0v) is 9.62. The van der Waals surface area contributed by atoms with Gasteiger partial charge in [-0.2, -0.15) is 0 Å². The van der Waals surface area contributed by atoms with Gasteiger partial charge in [-0.1, -0.05) is 12.8 Å². The fourth-order valence-corrected chi connectivity index (χ4v) is 3.60. The van der Waals surface area contributed by atoms with E-state index in [9.17, 15) is 5.11 Å². The maximum absolute atomic E-state index is 9.51. The second-order valence-corrected chi connectivity index (χ2v) is 5.12. The molecule has 3 heteroatoms. The van der Waals surface area contributed by atoms with Gasteiger partial charge in [-0.05, 0) is 45.3 Å². The number of hydrogen-bond donors (Lipinski definition) is 2. The second kappa shape index (κ2) is 4.81. The Bertz CT molecular complexity index is 188. The molecule has 1 aliphatic carbocycles. The lowest BCUT2D eigenvalue weighted by Crippen LogP contribution is -2.54. The van der Waals surface area contributed by atoms with Gasteiger partial charge in [-0.15, -0.1) is 0 Å². The van der Waals surface area contributed by atoms with E-state index in [0.29, 0.717) is 6.54 Å². The van der Waals surface area contributed by atoms with Crippen LogP contribution in [-0.4, -0.2) is 41.8 Å². The molecule has 3 N–H and O–H groups in total. The minimum absolute atomic E-state index is 0.250. The zero-order chi connectivity index (χ0) is 10.7. The molecule has 15 heavy (non-hydrogen) atoms. The molecule has 0 aromatic rings. The van der Waals surface area contributed by atoms with E-state index >= 15 is 0 Å². The molecule has 1 aliphatic heterocycles. The van der Waals surface area contributed by atoms with Crippen molar-refractivity contribution in [3.05, 3.63) is 0 Å². The standard InChI is InChI=1S/C12H24N2O/c13-9-11(10-15)12(5-1-2-6-12)14-7-3-4-8-14/h11,15H,1-10,13H2. The zero-order valence-electron chi connectivity index (χ0n) is 9.62. The van der Waals surface area contributed by atoms with Crippen molar-refractivity contribution < 1.29 is 5.11 Å². The molecule has 2 fully saturated rings. The predicted octanol–water partition coefficient (Wildman–Crippen LogP) is 0.962. The molecule has 0 bridgehead atoms. The molecular formula is C12H24N2O. The number of nitrogens with zero attached hydrogens (tertiary/aromatic N) is 1. The molecule has 0 spiro atoms. The van der Waals surface area contributed by atoms with Crippen molar-refractivity contribution in [1.82, 2.24) is 4.90 Å². The minimum atomic E-state index is 0.250. The number of likely N-dealkylation sites (tertiary alicyclic amines) is 1. The lowest BCUT2D eigenvalue weighted by molar-refractivity contribution is 0.0295. The van der Waals surface area contributed by atoms with Crippen LogP contribution < -0.4 is 5.73 Å². The summed E-state index contributed by atoms with van der Waals surface area (Å²) in [6.07, 6.45) is 7.76. The summed E-state index contributed by atoms with van der Waals surface area (Å²) < 4.78 is 0. The van der Waals surface area contributed by atoms with Gasteiger partial charge in [0.2, 0.25) is 0 Å². The molecule has 88 valence electrons. The van der Waals surface area contributed by atoms with Gasteiger partial charge >= 0.3 is 0 Å². The number of aliphatic hydroxyl groups excluding tert-OH is 1. The molecule has 2 rings (SSSR count). The number of hydrogen-bond acceptors (Lipinski definition) is 3. The van der Waals surface area contributed by atoms with Crippen LogP contribution >= 0.6 is 0 Å². The van der Waals surface area contributed by atoms with Gasteiger partial charge in [0.05, 0.1) is 0 Å². The molecule has 1 heterocycles. The first kappa shape index (κ1) is 11.4. The smallest absolute Gasteiger partial charge is 0.0489 e. The summed E-state index contributed by atoms with van der Waals surface area (Å²) in [5.74, 6) is 0.290. The van der Waals surface area contributed by atoms with Crippen LogP contribution in [0, 0.1) is 5.92 Å². The van der Waals surface area contributed by atoms with Crippen LogP contribution in [0.4, 0.5) is 0 Å². The van der Waals surface area contributed by atoms with Crippen LogP contribution in [0.3, 0.4) is 0 Å². The Morgan fingerprint density at radius 2 is 1.73 bits per heavy atom. The number of rotatable bonds is 4. The maximum atomic E-state index is 9.51. The lowest BCUT2D eigenvalue weighted by Gasteiger charge is -2.44. The number of nitrogens with two attached hydrogens (primary N) is 1. The van der Waals surface area contributed by atoms with Crippen LogP contribution in [0.1, 0.15) is 38.5 Å². The summed E-state index contributed by atoms with van der Waals surface area (Å²) in [6, 6.07) is 0. The summed E-state index contributed by atoms with van der Waals surface area (Å²) in [6.45, 7) is 3.33. The molecule has 0 aromatic heterocycles. The van der Waals surface area contributed by atoms with E-state index in [1.807, 2.05) is 0 Å². The highest BCUT2D eigenvalue weighted by atomic mass is 16.3. The maximum Gasteiger partial charge on any atom is 0.0489 e. The van der Waals surface area contributed by atoms with Crippen molar-refractivity contribution in [2.24, 2.45) is 11.7 Å². The fourth-order valence-electron chi connectivity index (χ4n) is 3.60. The van der Waals surface area contributed by atoms with E-state index in [1.165, 1.54) is 51.6 Å². The first-order valence-corrected chi connectivity index (χ1v) is 6.39. The largest absolute Gasteiger partial charge is 0.396 e. The molecule has 2 aliphatic rings. The van der Waals surface area contributed by atoms with Gasteiger partial charge < -0.3 is 10.8 Å². The monoisotopic (exact) mass is 212 g/mol. The van der Waals surface area contributed by atoms with Gasteiger partial charge in [-0.25, -0.2) is 0 Å². The van der Waals surface area contributed by atoms with E-state index in [1.54, 1.807) is 0 Å². The molecule has 1 unspecified atom stereocenters. The minimum Gasteiger partial charge on any atom is -0.396 e. The molecule has 1 saturated carbocycles. The number of aliphatic hydroxyl groups is 1. The van der Waals surface area contributed by atoms with Gasteiger partial charge in [0.25, 0.3) is 0 Å². The SMILES string of the molecule is NCC(CO)C1(N2CCCC2)CCCC1. The summed E-state index contributed by atoms with van der Waals surface area (Å²) >= 11 is 0. The van der Waals surface area contributed by atoms with E-state index in [-0.39, 0.29) is 18.1 Å². The van der Waals surface area contributed by atoms with Crippen molar-refractivity contribution >= 4 is 0 Å². The van der Waals surface area contributed by atoms with Crippen molar-refractivity contribution in [2.45, 2.75) is 44.1 Å². The Kier molecular flexibility index (Phi) is 3.65. The van der Waals surface area contributed by atoms with Crippen LogP contribution in [0.25, 0.3) is 0 Å². The average molecular weight is 212 g/mol. The van der Waals surface area contributed by atoms with Crippen LogP contribution in [0.5, 0.6) is 0 Å². The molecule has 0 radical (unpaired) electrons. The molecule has 0 amide bonds. The van der Waals surface area contributed by atoms with Crippen LogP contribution in [0.15, 0.2) is 0 Å². The van der Waals surface area contributed by atoms with Crippen molar-refractivity contribution in [2.75, 3.05) is 26.2 Å². The average Bonchev–Trinajstić information content (AvgIpc) is 2.90. The highest BCUT2D eigenvalue weighted by Gasteiger charge is 2.45. The quantitative estimate of drug-likeness (QED) is 0.730. The van der Waals surface area contributed by atoms with E-state index in [0.717, 1.165) is 0 Å². The summed E-state index contributed by atoms with van der Waals surface area (Å²) in [5, 5.41) is 9.51. The fraction of sp³-hybridized carbons (Fsp3) is 1.00. The first-order chi connectivity index (χ1) is 7.33. The molecule has 0 aromatic carbocycles. The van der Waals surface area contributed by atoms with Gasteiger partial charge in [0.1, 0.15) is 0 Å². The summed E-state index contributed by atoms with van der Waals surface area (Å²) in [5.41, 5.74) is 6.08. The third-order valence-corrected chi connectivity index (χ3v) is 4.47. The summed E-state index contributed by atoms with van der Waals surface area (Å²) in [7, 11) is 0. The Balaban J connectivity index is 2.14. The Hall–Kier alpha value is -0.120. The Morgan fingerprint density at radius 1 is 1.13 bits per heavy atom. The summed E-state index contributed by atoms with van der Waals surface area (Å²) in [4.78, 5) is 2.62. The van der Waals surface area contributed by atoms with E-state index in [4.69, 9.17) is 5.73 Å². The Morgan fingerprint density at radius 3 is 2.20 bits per heavy atom. The first-order valence-electron chi connectivity index (χ1n) is 6.39. The van der Waals surface area contributed by atoms with Crippen molar-refractivity contribution in [3.8, 4) is 0 Å². The normalized spacial score (nSPS) is 28.4. The van der Waals surface area contributed by atoms with Gasteiger partial charge in [0.15, 0.2) is 0 Å². The lowest BCUT2D eigenvalue weighted by atomic mass is 9.81. The Labute approximate surface area is 92.6 Å². The third-order valence-electron chi connectivity index (χ3n) is 4.47. The predicted molar refractivity (Wildman–Crippen MR) is 61.6 cm³/mol. The van der Waals surface area contributed by atoms with Crippen molar-refractivity contribution in [1.29, 1.82) is 0 Å². The third kappa shape index (κ3) is 1.93. The second-order valence-electron chi connectivity index (χ2n) is 5.12. The van der Waals surface area contributed by atoms with Crippen LogP contribution in [-0.2, 0) is 0 Å². The van der Waals surface area contributed by atoms with Gasteiger partial charge in [-0.3, -0.25) is 4.90 Å². The molecular weight excluding hydrogens is 188 g/mol. The molecule has 1 saturated heterocycles. The van der Waals surface area contributed by atoms with Crippen LogP contribution in [0.2, 0.25) is 0 Å². The van der Waals surface area contributed by atoms with Gasteiger partial charge in [0, 0.05) is 18.1 Å².